The molecule has 3 aromatic carbocycles. The van der Waals surface area contributed by atoms with Crippen LogP contribution in [-0.4, -0.2) is 22.6 Å². The largest absolute Gasteiger partial charge is 0.465 e. The van der Waals surface area contributed by atoms with E-state index in [1.165, 1.54) is 24.8 Å². The fraction of sp³-hybridized carbons (Fsp3) is 0.111. The molecule has 0 saturated heterocycles. The summed E-state index contributed by atoms with van der Waals surface area (Å²) in [6, 6.07) is 21.9. The molecule has 0 fully saturated rings. The molecule has 0 N–H and O–H groups in total. The molecule has 0 saturated carbocycles. The Morgan fingerprint density at radius 2 is 1.84 bits per heavy atom. The molecule has 0 aliphatic heterocycles. The summed E-state index contributed by atoms with van der Waals surface area (Å²) in [5, 5.41) is 0. The predicted molar refractivity (Wildman–Crippen MR) is 124 cm³/mol. The van der Waals surface area contributed by atoms with E-state index in [1.807, 2.05) is 54.9 Å². The van der Waals surface area contributed by atoms with Crippen molar-refractivity contribution >= 4 is 12.0 Å². The van der Waals surface area contributed by atoms with Gasteiger partial charge in [0.05, 0.1) is 12.7 Å². The van der Waals surface area contributed by atoms with Crippen LogP contribution in [0.25, 0.3) is 17.2 Å². The van der Waals surface area contributed by atoms with Crippen LogP contribution in [0.1, 0.15) is 27.3 Å². The number of benzene rings is 3. The van der Waals surface area contributed by atoms with E-state index in [4.69, 9.17) is 4.74 Å². The van der Waals surface area contributed by atoms with Crippen molar-refractivity contribution in [1.29, 1.82) is 0 Å². The molecule has 0 unspecified atom stereocenters. The topological polar surface area (TPSA) is 44.1 Å². The second-order valence-electron chi connectivity index (χ2n) is 7.37. The summed E-state index contributed by atoms with van der Waals surface area (Å²) >= 11 is 0. The summed E-state index contributed by atoms with van der Waals surface area (Å²) in [5.41, 5.74) is 4.04. The van der Waals surface area contributed by atoms with Gasteiger partial charge in [0.1, 0.15) is 11.6 Å². The number of hydrogen-bond acceptors (Lipinski definition) is 3. The van der Waals surface area contributed by atoms with Crippen LogP contribution in [0.3, 0.4) is 0 Å². The van der Waals surface area contributed by atoms with Crippen molar-refractivity contribution < 1.29 is 13.9 Å². The minimum absolute atomic E-state index is 0.324. The van der Waals surface area contributed by atoms with Gasteiger partial charge in [0.15, 0.2) is 0 Å². The van der Waals surface area contributed by atoms with E-state index in [0.29, 0.717) is 17.5 Å². The van der Waals surface area contributed by atoms with Crippen molar-refractivity contribution in [1.82, 2.24) is 9.55 Å². The number of nitrogens with zero attached hydrogens (tertiary/aromatic N) is 2. The number of carbonyl (C=O) groups excluding carboxylic acids is 1. The Labute approximate surface area is 186 Å². The molecule has 0 amide bonds. The molecule has 32 heavy (non-hydrogen) atoms. The normalized spacial score (nSPS) is 11.1. The van der Waals surface area contributed by atoms with Crippen molar-refractivity contribution in [2.75, 3.05) is 7.11 Å². The molecule has 0 aliphatic rings. The van der Waals surface area contributed by atoms with Crippen molar-refractivity contribution in [2.24, 2.45) is 0 Å². The zero-order valence-corrected chi connectivity index (χ0v) is 17.7. The summed E-state index contributed by atoms with van der Waals surface area (Å²) in [4.78, 5) is 16.7. The lowest BCUT2D eigenvalue weighted by Crippen LogP contribution is -2.04. The third-order valence-corrected chi connectivity index (χ3v) is 5.21. The number of allylic oxidation sites excluding steroid dienone is 1. The van der Waals surface area contributed by atoms with Crippen LogP contribution in [0.2, 0.25) is 0 Å². The molecular formula is C27H23FN2O2. The average molecular weight is 426 g/mol. The lowest BCUT2D eigenvalue weighted by atomic mass is 9.97. The monoisotopic (exact) mass is 426 g/mol. The lowest BCUT2D eigenvalue weighted by Gasteiger charge is -2.10. The third kappa shape index (κ3) is 5.01. The summed E-state index contributed by atoms with van der Waals surface area (Å²) in [5.74, 6) is 0.216. The Hall–Kier alpha value is -3.99. The van der Waals surface area contributed by atoms with Gasteiger partial charge < -0.3 is 9.30 Å². The highest BCUT2D eigenvalue weighted by Gasteiger charge is 2.14. The van der Waals surface area contributed by atoms with Crippen LogP contribution >= 0.6 is 0 Å². The highest BCUT2D eigenvalue weighted by Crippen LogP contribution is 2.27. The first-order valence-electron chi connectivity index (χ1n) is 10.3. The van der Waals surface area contributed by atoms with Gasteiger partial charge in [-0.2, -0.15) is 0 Å². The molecule has 5 heteroatoms. The molecule has 1 aromatic heterocycles. The minimum atomic E-state index is -0.428. The van der Waals surface area contributed by atoms with E-state index >= 15 is 0 Å². The number of halogens is 1. The van der Waals surface area contributed by atoms with E-state index in [0.717, 1.165) is 23.5 Å². The van der Waals surface area contributed by atoms with Crippen LogP contribution in [0.5, 0.6) is 0 Å². The second kappa shape index (κ2) is 9.88. The Bertz CT molecular complexity index is 1230. The molecule has 4 nitrogen and oxygen atoms in total. The van der Waals surface area contributed by atoms with E-state index in [-0.39, 0.29) is 5.82 Å². The van der Waals surface area contributed by atoms with Gasteiger partial charge in [-0.05, 0) is 46.5 Å². The van der Waals surface area contributed by atoms with E-state index in [9.17, 15) is 9.18 Å². The van der Waals surface area contributed by atoms with E-state index in [1.54, 1.807) is 18.2 Å². The molecule has 4 rings (SSSR count). The zero-order valence-electron chi connectivity index (χ0n) is 17.7. The Morgan fingerprint density at radius 3 is 2.59 bits per heavy atom. The van der Waals surface area contributed by atoms with Crippen LogP contribution in [0.4, 0.5) is 4.39 Å². The Kier molecular flexibility index (Phi) is 6.56. The van der Waals surface area contributed by atoms with Crippen LogP contribution < -0.4 is 0 Å². The van der Waals surface area contributed by atoms with Gasteiger partial charge in [0, 0.05) is 25.4 Å². The molecule has 0 atom stereocenters. The van der Waals surface area contributed by atoms with Crippen molar-refractivity contribution in [2.45, 2.75) is 13.0 Å². The van der Waals surface area contributed by atoms with Gasteiger partial charge in [-0.15, -0.1) is 0 Å². The first-order chi connectivity index (χ1) is 15.6. The number of methoxy groups -OCH3 is 1. The molecule has 4 aromatic rings. The van der Waals surface area contributed by atoms with Gasteiger partial charge in [0.25, 0.3) is 0 Å². The highest BCUT2D eigenvalue weighted by atomic mass is 19.1. The van der Waals surface area contributed by atoms with Gasteiger partial charge in [-0.1, -0.05) is 60.7 Å². The number of rotatable bonds is 7. The van der Waals surface area contributed by atoms with Crippen molar-refractivity contribution in [3.8, 4) is 11.1 Å². The van der Waals surface area contributed by atoms with Crippen molar-refractivity contribution in [3.63, 3.8) is 0 Å². The van der Waals surface area contributed by atoms with Gasteiger partial charge in [0.2, 0.25) is 0 Å². The Morgan fingerprint density at radius 1 is 1.06 bits per heavy atom. The molecule has 0 spiro atoms. The number of aromatic nitrogens is 2. The van der Waals surface area contributed by atoms with Crippen molar-refractivity contribution in [3.05, 3.63) is 120 Å². The van der Waals surface area contributed by atoms with Gasteiger partial charge in [-0.25, -0.2) is 14.2 Å². The first-order valence-corrected chi connectivity index (χ1v) is 10.3. The molecule has 160 valence electrons. The van der Waals surface area contributed by atoms with E-state index in [2.05, 4.69) is 21.7 Å². The zero-order chi connectivity index (χ0) is 22.3. The van der Waals surface area contributed by atoms with Gasteiger partial charge in [-0.3, -0.25) is 0 Å². The summed E-state index contributed by atoms with van der Waals surface area (Å²) < 4.78 is 20.4. The molecule has 0 aliphatic carbocycles. The molecule has 1 heterocycles. The summed E-state index contributed by atoms with van der Waals surface area (Å²) in [7, 11) is 1.35. The quantitative estimate of drug-likeness (QED) is 0.352. The minimum Gasteiger partial charge on any atom is -0.465 e. The number of hydrogen-bond donors (Lipinski definition) is 0. The standard InChI is InChI=1S/C27H23FN2O2/c1-32-27(31)24-15-10-20(18-25(24)22-11-13-23(28)14-12-22)8-5-9-26-29-16-17-30(26)19-21-6-3-2-4-7-21/h2-8,10-18H,9,19H2,1H3. The second-order valence-corrected chi connectivity index (χ2v) is 7.37. The Balaban J connectivity index is 1.55. The molecule has 0 radical (unpaired) electrons. The fourth-order valence-electron chi connectivity index (χ4n) is 3.58. The maximum atomic E-state index is 13.4. The van der Waals surface area contributed by atoms with Crippen LogP contribution in [0, 0.1) is 5.82 Å². The predicted octanol–water partition coefficient (Wildman–Crippen LogP) is 5.78. The molecule has 0 bridgehead atoms. The fourth-order valence-corrected chi connectivity index (χ4v) is 3.58. The number of ether oxygens (including phenoxy) is 1. The smallest absolute Gasteiger partial charge is 0.338 e. The first kappa shape index (κ1) is 21.2. The molecular weight excluding hydrogens is 403 g/mol. The average Bonchev–Trinajstić information content (AvgIpc) is 3.26. The van der Waals surface area contributed by atoms with Gasteiger partial charge >= 0.3 is 5.97 Å². The SMILES string of the molecule is COC(=O)c1ccc(C=CCc2nccn2Cc2ccccc2)cc1-c1ccc(F)cc1. The van der Waals surface area contributed by atoms with Crippen LogP contribution in [-0.2, 0) is 17.7 Å². The number of imidazole rings is 1. The summed E-state index contributed by atoms with van der Waals surface area (Å²) in [6.07, 6.45) is 8.50. The lowest BCUT2D eigenvalue weighted by molar-refractivity contribution is 0.0601. The summed E-state index contributed by atoms with van der Waals surface area (Å²) in [6.45, 7) is 0.770. The maximum absolute atomic E-state index is 13.4. The van der Waals surface area contributed by atoms with Crippen LogP contribution in [0.15, 0.2) is 91.3 Å². The third-order valence-electron chi connectivity index (χ3n) is 5.21. The number of carbonyl (C=O) groups is 1. The maximum Gasteiger partial charge on any atom is 0.338 e. The van der Waals surface area contributed by atoms with E-state index < -0.39 is 5.97 Å². The number of esters is 1. The highest BCUT2D eigenvalue weighted by molar-refractivity contribution is 5.97.